The molecule has 0 aliphatic rings. The molecule has 6 heteroatoms. The number of rotatable bonds is 11. The summed E-state index contributed by atoms with van der Waals surface area (Å²) in [4.78, 5) is 4.65. The standard InChI is InChI=1S/C23H32F3NOS/c1-5-19(10-8-15-28-4)9-6-7-16-29-22(27-17-18(2)3)20-11-13-21(14-12-20)23(24,25)26/h5,8,10-14,18H,6-7,9,15-17H2,1-4H3/b10-8-,19-5-,27-22?. The summed E-state index contributed by atoms with van der Waals surface area (Å²) in [6.07, 6.45) is 4.95. The smallest absolute Gasteiger partial charge is 0.381 e. The second kappa shape index (κ2) is 13.6. The number of thioether (sulfide) groups is 1. The van der Waals surface area contributed by atoms with E-state index >= 15 is 0 Å². The fraction of sp³-hybridized carbons (Fsp3) is 0.522. The van der Waals surface area contributed by atoms with Gasteiger partial charge in [-0.2, -0.15) is 13.2 Å². The molecule has 0 spiro atoms. The number of benzene rings is 1. The molecule has 0 saturated carbocycles. The van der Waals surface area contributed by atoms with Gasteiger partial charge in [0, 0.05) is 19.2 Å². The Labute approximate surface area is 177 Å². The molecule has 0 atom stereocenters. The van der Waals surface area contributed by atoms with E-state index in [0.717, 1.165) is 47.8 Å². The van der Waals surface area contributed by atoms with E-state index in [9.17, 15) is 13.2 Å². The lowest BCUT2D eigenvalue weighted by atomic mass is 10.1. The lowest BCUT2D eigenvalue weighted by Gasteiger charge is -2.11. The average molecular weight is 428 g/mol. The van der Waals surface area contributed by atoms with Crippen molar-refractivity contribution in [2.24, 2.45) is 10.9 Å². The average Bonchev–Trinajstić information content (AvgIpc) is 2.68. The summed E-state index contributed by atoms with van der Waals surface area (Å²) >= 11 is 1.62. The molecule has 0 radical (unpaired) electrons. The van der Waals surface area contributed by atoms with Crippen molar-refractivity contribution in [3.8, 4) is 0 Å². The van der Waals surface area contributed by atoms with Gasteiger partial charge in [-0.25, -0.2) is 0 Å². The van der Waals surface area contributed by atoms with Crippen molar-refractivity contribution in [2.45, 2.75) is 46.2 Å². The van der Waals surface area contributed by atoms with E-state index < -0.39 is 11.7 Å². The topological polar surface area (TPSA) is 21.6 Å². The second-order valence-corrected chi connectivity index (χ2v) is 8.23. The number of ether oxygens (including phenoxy) is 1. The minimum absolute atomic E-state index is 0.399. The number of halogens is 3. The van der Waals surface area contributed by atoms with E-state index in [4.69, 9.17) is 4.74 Å². The number of allylic oxidation sites excluding steroid dienone is 3. The molecule has 0 unspecified atom stereocenters. The van der Waals surface area contributed by atoms with Gasteiger partial charge >= 0.3 is 6.18 Å². The van der Waals surface area contributed by atoms with Crippen molar-refractivity contribution in [1.29, 1.82) is 0 Å². The minimum atomic E-state index is -4.32. The summed E-state index contributed by atoms with van der Waals surface area (Å²) in [5.41, 5.74) is 1.40. The van der Waals surface area contributed by atoms with Crippen LogP contribution in [0.3, 0.4) is 0 Å². The van der Waals surface area contributed by atoms with Crippen LogP contribution < -0.4 is 0 Å². The van der Waals surface area contributed by atoms with Gasteiger partial charge in [-0.15, -0.1) is 11.8 Å². The number of hydrogen-bond donors (Lipinski definition) is 0. The Kier molecular flexibility index (Phi) is 12.0. The SMILES string of the molecule is C/C=C(\C=C/COC)CCCCSC(=NCC(C)C)c1ccc(C(F)(F)F)cc1. The summed E-state index contributed by atoms with van der Waals surface area (Å²) in [5, 5.41) is 0.818. The first kappa shape index (κ1) is 25.5. The molecule has 0 aliphatic carbocycles. The van der Waals surface area contributed by atoms with Crippen LogP contribution in [0.25, 0.3) is 0 Å². The van der Waals surface area contributed by atoms with Crippen molar-refractivity contribution < 1.29 is 17.9 Å². The van der Waals surface area contributed by atoms with Crippen LogP contribution in [-0.2, 0) is 10.9 Å². The molecule has 162 valence electrons. The van der Waals surface area contributed by atoms with Crippen LogP contribution in [0.1, 0.15) is 51.2 Å². The summed E-state index contributed by atoms with van der Waals surface area (Å²) in [5.74, 6) is 1.28. The van der Waals surface area contributed by atoms with E-state index in [2.05, 4.69) is 31.0 Å². The molecule has 0 aromatic heterocycles. The third-order valence-corrected chi connectivity index (χ3v) is 5.25. The van der Waals surface area contributed by atoms with Crippen molar-refractivity contribution in [3.05, 3.63) is 59.2 Å². The Morgan fingerprint density at radius 2 is 1.86 bits per heavy atom. The van der Waals surface area contributed by atoms with Crippen LogP contribution in [0, 0.1) is 5.92 Å². The molecule has 0 saturated heterocycles. The van der Waals surface area contributed by atoms with Gasteiger partial charge in [0.15, 0.2) is 0 Å². The molecule has 0 amide bonds. The van der Waals surface area contributed by atoms with Gasteiger partial charge in [-0.1, -0.05) is 49.8 Å². The van der Waals surface area contributed by atoms with Crippen LogP contribution in [-0.4, -0.2) is 31.1 Å². The third kappa shape index (κ3) is 10.7. The Hall–Kier alpha value is -1.53. The first-order valence-electron chi connectivity index (χ1n) is 9.93. The second-order valence-electron chi connectivity index (χ2n) is 7.14. The summed E-state index contributed by atoms with van der Waals surface area (Å²) in [6.45, 7) is 7.46. The molecule has 0 fully saturated rings. The number of hydrogen-bond acceptors (Lipinski definition) is 3. The maximum atomic E-state index is 12.8. The molecule has 0 heterocycles. The van der Waals surface area contributed by atoms with E-state index in [-0.39, 0.29) is 0 Å². The highest BCUT2D eigenvalue weighted by Gasteiger charge is 2.30. The molecule has 0 aliphatic heterocycles. The maximum Gasteiger partial charge on any atom is 0.416 e. The quantitative estimate of drug-likeness (QED) is 0.162. The van der Waals surface area contributed by atoms with E-state index in [1.807, 2.05) is 13.0 Å². The van der Waals surface area contributed by atoms with Crippen molar-refractivity contribution in [3.63, 3.8) is 0 Å². The minimum Gasteiger partial charge on any atom is -0.381 e. The van der Waals surface area contributed by atoms with Crippen molar-refractivity contribution in [2.75, 3.05) is 26.0 Å². The van der Waals surface area contributed by atoms with Crippen molar-refractivity contribution in [1.82, 2.24) is 0 Å². The monoisotopic (exact) mass is 427 g/mol. The lowest BCUT2D eigenvalue weighted by molar-refractivity contribution is -0.137. The van der Waals surface area contributed by atoms with Gasteiger partial charge in [-0.05, 0) is 50.0 Å². The largest absolute Gasteiger partial charge is 0.416 e. The number of methoxy groups -OCH3 is 1. The molecular weight excluding hydrogens is 395 g/mol. The zero-order valence-electron chi connectivity index (χ0n) is 17.8. The van der Waals surface area contributed by atoms with Gasteiger partial charge in [-0.3, -0.25) is 4.99 Å². The molecule has 1 rings (SSSR count). The molecule has 2 nitrogen and oxygen atoms in total. The van der Waals surface area contributed by atoms with Crippen LogP contribution in [0.15, 0.2) is 53.1 Å². The first-order valence-corrected chi connectivity index (χ1v) is 10.9. The Balaban J connectivity index is 2.63. The molecule has 1 aromatic carbocycles. The highest BCUT2D eigenvalue weighted by Crippen LogP contribution is 2.30. The zero-order valence-corrected chi connectivity index (χ0v) is 18.6. The number of unbranched alkanes of at least 4 members (excludes halogenated alkanes) is 1. The molecule has 0 N–H and O–H groups in total. The van der Waals surface area contributed by atoms with Crippen LogP contribution in [0.5, 0.6) is 0 Å². The summed E-state index contributed by atoms with van der Waals surface area (Å²) in [7, 11) is 1.67. The Morgan fingerprint density at radius 3 is 2.41 bits per heavy atom. The van der Waals surface area contributed by atoms with Crippen LogP contribution in [0.4, 0.5) is 13.2 Å². The normalized spacial score (nSPS) is 13.7. The maximum absolute atomic E-state index is 12.8. The molecular formula is C23H32F3NOS. The fourth-order valence-corrected chi connectivity index (χ4v) is 3.52. The summed E-state index contributed by atoms with van der Waals surface area (Å²) in [6, 6.07) is 5.30. The van der Waals surface area contributed by atoms with Gasteiger partial charge < -0.3 is 4.74 Å². The predicted octanol–water partition coefficient (Wildman–Crippen LogP) is 7.16. The number of alkyl halides is 3. The van der Waals surface area contributed by atoms with Crippen LogP contribution >= 0.6 is 11.8 Å². The van der Waals surface area contributed by atoms with Crippen molar-refractivity contribution >= 4 is 16.8 Å². The van der Waals surface area contributed by atoms with Gasteiger partial charge in [0.05, 0.1) is 17.2 Å². The van der Waals surface area contributed by atoms with Gasteiger partial charge in [0.25, 0.3) is 0 Å². The molecule has 1 aromatic rings. The fourth-order valence-electron chi connectivity index (χ4n) is 2.51. The van der Waals surface area contributed by atoms with Gasteiger partial charge in [0.2, 0.25) is 0 Å². The van der Waals surface area contributed by atoms with Gasteiger partial charge in [0.1, 0.15) is 0 Å². The van der Waals surface area contributed by atoms with E-state index in [0.29, 0.717) is 19.1 Å². The lowest BCUT2D eigenvalue weighted by Crippen LogP contribution is -2.06. The van der Waals surface area contributed by atoms with E-state index in [1.165, 1.54) is 17.7 Å². The first-order chi connectivity index (χ1) is 13.8. The predicted molar refractivity (Wildman–Crippen MR) is 119 cm³/mol. The third-order valence-electron chi connectivity index (χ3n) is 4.12. The Morgan fingerprint density at radius 1 is 1.17 bits per heavy atom. The number of nitrogens with zero attached hydrogens (tertiary/aromatic N) is 1. The van der Waals surface area contributed by atoms with E-state index in [1.54, 1.807) is 18.9 Å². The molecule has 29 heavy (non-hydrogen) atoms. The zero-order chi connectivity index (χ0) is 21.7. The van der Waals surface area contributed by atoms with Crippen LogP contribution in [0.2, 0.25) is 0 Å². The molecule has 0 bridgehead atoms. The highest BCUT2D eigenvalue weighted by atomic mass is 32.2. The number of aliphatic imine (C=N–C) groups is 1. The Bertz CT molecular complexity index is 676. The highest BCUT2D eigenvalue weighted by molar-refractivity contribution is 8.14. The summed E-state index contributed by atoms with van der Waals surface area (Å²) < 4.78 is 43.4.